The Hall–Kier alpha value is -1.82. The van der Waals surface area contributed by atoms with Crippen LogP contribution in [-0.4, -0.2) is 28.0 Å². The fraction of sp³-hybridized carbons (Fsp3) is 0.357. The second-order valence-electron chi connectivity index (χ2n) is 4.43. The number of amidine groups is 1. The van der Waals surface area contributed by atoms with Crippen molar-refractivity contribution < 1.29 is 14.7 Å². The lowest BCUT2D eigenvalue weighted by molar-refractivity contribution is -0.115. The summed E-state index contributed by atoms with van der Waals surface area (Å²) in [5.41, 5.74) is 1.79. The van der Waals surface area contributed by atoms with E-state index < -0.39 is 6.09 Å². The maximum atomic E-state index is 12.0. The highest BCUT2D eigenvalue weighted by Gasteiger charge is 2.31. The van der Waals surface area contributed by atoms with E-state index in [4.69, 9.17) is 5.11 Å². The molecule has 6 heteroatoms. The van der Waals surface area contributed by atoms with Crippen molar-refractivity contribution in [1.82, 2.24) is 0 Å². The number of carbonyl (C=O) groups excluding carboxylic acids is 1. The van der Waals surface area contributed by atoms with E-state index in [1.54, 1.807) is 0 Å². The zero-order valence-corrected chi connectivity index (χ0v) is 12.0. The number of rotatable bonds is 4. The van der Waals surface area contributed by atoms with Gasteiger partial charge in [-0.05, 0) is 24.5 Å². The Morgan fingerprint density at radius 3 is 2.90 bits per heavy atom. The van der Waals surface area contributed by atoms with E-state index >= 15 is 0 Å². The van der Waals surface area contributed by atoms with Crippen molar-refractivity contribution in [2.24, 2.45) is 4.99 Å². The summed E-state index contributed by atoms with van der Waals surface area (Å²) < 4.78 is 0. The van der Waals surface area contributed by atoms with Gasteiger partial charge < -0.3 is 5.11 Å². The van der Waals surface area contributed by atoms with Gasteiger partial charge in [-0.25, -0.2) is 4.79 Å². The molecule has 1 fully saturated rings. The number of aryl methyl sites for hydroxylation is 1. The highest BCUT2D eigenvalue weighted by Crippen LogP contribution is 2.30. The number of carboxylic acid groups (broad SMARTS) is 1. The van der Waals surface area contributed by atoms with Crippen molar-refractivity contribution in [2.45, 2.75) is 26.2 Å². The zero-order chi connectivity index (χ0) is 14.5. The first-order chi connectivity index (χ1) is 9.63. The van der Waals surface area contributed by atoms with Gasteiger partial charge in [0, 0.05) is 0 Å². The van der Waals surface area contributed by atoms with Crippen molar-refractivity contribution >= 4 is 34.6 Å². The molecule has 20 heavy (non-hydrogen) atoms. The Morgan fingerprint density at radius 2 is 2.20 bits per heavy atom. The van der Waals surface area contributed by atoms with Gasteiger partial charge in [0.25, 0.3) is 0 Å². The van der Waals surface area contributed by atoms with Crippen LogP contribution in [0, 0.1) is 0 Å². The number of anilines is 1. The normalized spacial score (nSPS) is 16.9. The molecule has 1 aliphatic rings. The molecule has 2 amide bonds. The molecule has 0 bridgehead atoms. The molecule has 1 heterocycles. The third-order valence-corrected chi connectivity index (χ3v) is 3.91. The lowest BCUT2D eigenvalue weighted by Gasteiger charge is -2.19. The molecule has 1 saturated heterocycles. The van der Waals surface area contributed by atoms with Crippen LogP contribution >= 0.6 is 11.8 Å². The molecule has 0 aliphatic carbocycles. The van der Waals surface area contributed by atoms with Crippen molar-refractivity contribution in [1.29, 1.82) is 0 Å². The Bertz CT molecular complexity index is 557. The predicted molar refractivity (Wildman–Crippen MR) is 80.5 cm³/mol. The number of amides is 2. The minimum atomic E-state index is -1.28. The molecule has 1 aliphatic heterocycles. The first-order valence-corrected chi connectivity index (χ1v) is 7.47. The fourth-order valence-electron chi connectivity index (χ4n) is 2.07. The van der Waals surface area contributed by atoms with E-state index in [9.17, 15) is 9.59 Å². The maximum absolute atomic E-state index is 12.0. The summed E-state index contributed by atoms with van der Waals surface area (Å²) in [6, 6.07) is 7.58. The minimum absolute atomic E-state index is 0.126. The molecule has 1 N–H and O–H groups in total. The number of hydrogen-bond donors (Lipinski definition) is 1. The number of aliphatic imine (C=N–C) groups is 1. The van der Waals surface area contributed by atoms with Crippen LogP contribution in [0.5, 0.6) is 0 Å². The average Bonchev–Trinajstić information content (AvgIpc) is 2.77. The molecular weight excluding hydrogens is 276 g/mol. The number of nitrogens with zero attached hydrogens (tertiary/aromatic N) is 2. The summed E-state index contributed by atoms with van der Waals surface area (Å²) in [5.74, 6) is 0.104. The Morgan fingerprint density at radius 1 is 1.45 bits per heavy atom. The smallest absolute Gasteiger partial charge is 0.433 e. The standard InChI is InChI=1S/C14H16N2O3S/c1-2-3-6-10-7-4-5-8-11(10)16-12(17)9-20-13(16)15-14(18)19/h4-5,7-8H,2-3,6,9H2,1H3,(H,18,19)/b15-13-. The summed E-state index contributed by atoms with van der Waals surface area (Å²) in [4.78, 5) is 27.7. The number of thioether (sulfide) groups is 1. The highest BCUT2D eigenvalue weighted by molar-refractivity contribution is 8.15. The molecule has 0 atom stereocenters. The van der Waals surface area contributed by atoms with E-state index in [2.05, 4.69) is 11.9 Å². The van der Waals surface area contributed by atoms with Crippen LogP contribution in [0.15, 0.2) is 29.3 Å². The minimum Gasteiger partial charge on any atom is -0.463 e. The topological polar surface area (TPSA) is 70.0 Å². The largest absolute Gasteiger partial charge is 0.463 e. The average molecular weight is 292 g/mol. The predicted octanol–water partition coefficient (Wildman–Crippen LogP) is 3.14. The Kier molecular flexibility index (Phi) is 4.79. The van der Waals surface area contributed by atoms with E-state index in [0.717, 1.165) is 42.3 Å². The van der Waals surface area contributed by atoms with Gasteiger partial charge in [0.1, 0.15) is 0 Å². The second kappa shape index (κ2) is 6.56. The number of para-hydroxylation sites is 1. The lowest BCUT2D eigenvalue weighted by atomic mass is 10.1. The summed E-state index contributed by atoms with van der Waals surface area (Å²) in [5, 5.41) is 9.04. The van der Waals surface area contributed by atoms with Crippen LogP contribution in [0.3, 0.4) is 0 Å². The molecule has 0 radical (unpaired) electrons. The van der Waals surface area contributed by atoms with Gasteiger partial charge in [-0.3, -0.25) is 9.69 Å². The maximum Gasteiger partial charge on any atom is 0.433 e. The molecule has 0 saturated carbocycles. The number of carbonyl (C=O) groups is 2. The zero-order valence-electron chi connectivity index (χ0n) is 11.2. The molecule has 1 aromatic carbocycles. The first kappa shape index (κ1) is 14.6. The molecule has 106 valence electrons. The Balaban J connectivity index is 2.37. The quantitative estimate of drug-likeness (QED) is 0.925. The molecular formula is C14H16N2O3S. The van der Waals surface area contributed by atoms with Gasteiger partial charge in [0.2, 0.25) is 5.91 Å². The van der Waals surface area contributed by atoms with Crippen LogP contribution in [-0.2, 0) is 11.2 Å². The van der Waals surface area contributed by atoms with E-state index in [1.165, 1.54) is 4.90 Å². The molecule has 0 unspecified atom stereocenters. The first-order valence-electron chi connectivity index (χ1n) is 6.48. The third-order valence-electron chi connectivity index (χ3n) is 2.99. The molecule has 0 aromatic heterocycles. The number of benzene rings is 1. The third kappa shape index (κ3) is 3.19. The fourth-order valence-corrected chi connectivity index (χ4v) is 2.92. The van der Waals surface area contributed by atoms with Crippen molar-refractivity contribution in [3.8, 4) is 0 Å². The van der Waals surface area contributed by atoms with Crippen molar-refractivity contribution in [3.05, 3.63) is 29.8 Å². The van der Waals surface area contributed by atoms with Crippen LogP contribution in [0.25, 0.3) is 0 Å². The van der Waals surface area contributed by atoms with Crippen molar-refractivity contribution in [2.75, 3.05) is 10.7 Å². The molecule has 2 rings (SSSR count). The monoisotopic (exact) mass is 292 g/mol. The van der Waals surface area contributed by atoms with Gasteiger partial charge in [0.05, 0.1) is 11.4 Å². The van der Waals surface area contributed by atoms with Crippen molar-refractivity contribution in [3.63, 3.8) is 0 Å². The highest BCUT2D eigenvalue weighted by atomic mass is 32.2. The Labute approximate surface area is 121 Å². The molecule has 5 nitrogen and oxygen atoms in total. The molecule has 1 aromatic rings. The number of unbranched alkanes of at least 4 members (excludes halogenated alkanes) is 1. The van der Waals surface area contributed by atoms with E-state index in [1.807, 2.05) is 24.3 Å². The van der Waals surface area contributed by atoms with Gasteiger partial charge >= 0.3 is 6.09 Å². The number of hydrogen-bond acceptors (Lipinski definition) is 3. The summed E-state index contributed by atoms with van der Waals surface area (Å²) in [7, 11) is 0. The summed E-state index contributed by atoms with van der Waals surface area (Å²) >= 11 is 1.16. The SMILES string of the molecule is CCCCc1ccccc1N1C(=O)CS/C1=N\C(=O)O. The lowest BCUT2D eigenvalue weighted by Crippen LogP contribution is -2.30. The van der Waals surface area contributed by atoms with E-state index in [-0.39, 0.29) is 16.8 Å². The van der Waals surface area contributed by atoms with Crippen LogP contribution in [0.1, 0.15) is 25.3 Å². The van der Waals surface area contributed by atoms with Gasteiger partial charge in [-0.15, -0.1) is 0 Å². The van der Waals surface area contributed by atoms with Crippen LogP contribution in [0.2, 0.25) is 0 Å². The second-order valence-corrected chi connectivity index (χ2v) is 5.37. The summed E-state index contributed by atoms with van der Waals surface area (Å²) in [6.07, 6.45) is 1.67. The van der Waals surface area contributed by atoms with Gasteiger partial charge in [-0.1, -0.05) is 43.3 Å². The van der Waals surface area contributed by atoms with Gasteiger partial charge in [0.15, 0.2) is 5.17 Å². The van der Waals surface area contributed by atoms with Crippen LogP contribution in [0.4, 0.5) is 10.5 Å². The molecule has 0 spiro atoms. The van der Waals surface area contributed by atoms with Gasteiger partial charge in [-0.2, -0.15) is 4.99 Å². The van der Waals surface area contributed by atoms with E-state index in [0.29, 0.717) is 0 Å². The summed E-state index contributed by atoms with van der Waals surface area (Å²) in [6.45, 7) is 2.11. The van der Waals surface area contributed by atoms with Crippen LogP contribution < -0.4 is 4.90 Å².